The fraction of sp³-hybridized carbons (Fsp3) is 0.400. The third-order valence-corrected chi connectivity index (χ3v) is 1.99. The van der Waals surface area contributed by atoms with Crippen molar-refractivity contribution in [3.05, 3.63) is 23.1 Å². The van der Waals surface area contributed by atoms with Crippen molar-refractivity contribution >= 4 is 11.8 Å². The number of nitrogens with two attached hydrogens (primary N) is 1. The van der Waals surface area contributed by atoms with Gasteiger partial charge in [-0.15, -0.1) is 0 Å². The van der Waals surface area contributed by atoms with Crippen LogP contribution in [0.2, 0.25) is 0 Å². The van der Waals surface area contributed by atoms with E-state index in [1.807, 2.05) is 0 Å². The summed E-state index contributed by atoms with van der Waals surface area (Å²) in [5, 5.41) is 0. The topological polar surface area (TPSA) is 65.2 Å². The van der Waals surface area contributed by atoms with Gasteiger partial charge in [-0.1, -0.05) is 0 Å². The molecule has 2 N–H and O–H groups in total. The smallest absolute Gasteiger partial charge is 0.310 e. The lowest BCUT2D eigenvalue weighted by Crippen LogP contribution is -2.13. The third kappa shape index (κ3) is 3.33. The van der Waals surface area contributed by atoms with E-state index in [0.29, 0.717) is 0 Å². The van der Waals surface area contributed by atoms with Gasteiger partial charge in [-0.2, -0.15) is 4.39 Å². The van der Waals surface area contributed by atoms with Crippen molar-refractivity contribution in [3.63, 3.8) is 0 Å². The summed E-state index contributed by atoms with van der Waals surface area (Å²) in [5.74, 6) is -2.32. The van der Waals surface area contributed by atoms with Crippen LogP contribution in [0.15, 0.2) is 6.07 Å². The van der Waals surface area contributed by atoms with Gasteiger partial charge < -0.3 is 10.5 Å². The predicted octanol–water partition coefficient (Wildman–Crippen LogP) is 1.85. The number of hydrogen-bond donors (Lipinski definition) is 1. The van der Waals surface area contributed by atoms with Gasteiger partial charge in [-0.05, 0) is 13.0 Å². The number of halogens is 3. The number of carbonyl (C=O) groups excluding carboxylic acids is 1. The Balaban J connectivity index is 3.08. The molecular formula is C10H11F3N2O2. The van der Waals surface area contributed by atoms with Crippen LogP contribution in [0.25, 0.3) is 0 Å². The molecule has 0 spiro atoms. The van der Waals surface area contributed by atoms with E-state index in [1.54, 1.807) is 6.92 Å². The van der Waals surface area contributed by atoms with Gasteiger partial charge in [0.2, 0.25) is 5.95 Å². The molecule has 0 radical (unpaired) electrons. The summed E-state index contributed by atoms with van der Waals surface area (Å²) in [6.45, 7) is 1.65. The summed E-state index contributed by atoms with van der Waals surface area (Å²) < 4.78 is 43.1. The van der Waals surface area contributed by atoms with Crippen LogP contribution in [0.4, 0.5) is 19.0 Å². The minimum Gasteiger partial charge on any atom is -0.466 e. The number of anilines is 1. The SMILES string of the molecule is CCOC(=O)Cc1c(C(F)F)cc(N)nc1F. The van der Waals surface area contributed by atoms with Crippen molar-refractivity contribution in [2.24, 2.45) is 0 Å². The zero-order valence-electron chi connectivity index (χ0n) is 9.04. The molecule has 0 amide bonds. The zero-order valence-corrected chi connectivity index (χ0v) is 9.04. The minimum atomic E-state index is -2.93. The van der Waals surface area contributed by atoms with Gasteiger partial charge in [0.05, 0.1) is 13.0 Å². The molecule has 7 heteroatoms. The number of aromatic nitrogens is 1. The first-order chi connectivity index (χ1) is 7.95. The number of rotatable bonds is 4. The summed E-state index contributed by atoms with van der Waals surface area (Å²) in [4.78, 5) is 14.3. The van der Waals surface area contributed by atoms with Gasteiger partial charge in [0.15, 0.2) is 0 Å². The van der Waals surface area contributed by atoms with E-state index in [0.717, 1.165) is 6.07 Å². The molecule has 0 atom stereocenters. The lowest BCUT2D eigenvalue weighted by molar-refractivity contribution is -0.142. The second kappa shape index (κ2) is 5.51. The fourth-order valence-corrected chi connectivity index (χ4v) is 1.30. The lowest BCUT2D eigenvalue weighted by atomic mass is 10.1. The molecule has 1 rings (SSSR count). The molecule has 1 aromatic rings. The number of hydrogen-bond acceptors (Lipinski definition) is 4. The summed E-state index contributed by atoms with van der Waals surface area (Å²) in [6, 6.07) is 0.850. The molecule has 0 saturated carbocycles. The summed E-state index contributed by atoms with van der Waals surface area (Å²) in [7, 11) is 0. The average Bonchev–Trinajstić information content (AvgIpc) is 2.21. The van der Waals surface area contributed by atoms with Gasteiger partial charge in [-0.3, -0.25) is 4.79 Å². The van der Waals surface area contributed by atoms with Gasteiger partial charge in [0, 0.05) is 11.1 Å². The number of nitrogens with zero attached hydrogens (tertiary/aromatic N) is 1. The highest BCUT2D eigenvalue weighted by Crippen LogP contribution is 2.26. The maximum atomic E-state index is 13.3. The van der Waals surface area contributed by atoms with Crippen LogP contribution in [-0.2, 0) is 16.0 Å². The number of esters is 1. The van der Waals surface area contributed by atoms with Crippen LogP contribution in [0.1, 0.15) is 24.5 Å². The van der Waals surface area contributed by atoms with E-state index in [9.17, 15) is 18.0 Å². The van der Waals surface area contributed by atoms with Crippen LogP contribution in [0.3, 0.4) is 0 Å². The molecule has 0 bridgehead atoms. The molecular weight excluding hydrogens is 237 g/mol. The Morgan fingerprint density at radius 2 is 2.24 bits per heavy atom. The Morgan fingerprint density at radius 3 is 2.76 bits per heavy atom. The Bertz CT molecular complexity index is 424. The van der Waals surface area contributed by atoms with E-state index < -0.39 is 35.9 Å². The molecule has 1 aromatic heterocycles. The lowest BCUT2D eigenvalue weighted by Gasteiger charge is -2.09. The van der Waals surface area contributed by atoms with Gasteiger partial charge in [0.25, 0.3) is 6.43 Å². The average molecular weight is 248 g/mol. The predicted molar refractivity (Wildman–Crippen MR) is 53.9 cm³/mol. The van der Waals surface area contributed by atoms with E-state index >= 15 is 0 Å². The van der Waals surface area contributed by atoms with E-state index in [1.165, 1.54) is 0 Å². The molecule has 0 fully saturated rings. The van der Waals surface area contributed by atoms with E-state index in [2.05, 4.69) is 9.72 Å². The van der Waals surface area contributed by atoms with E-state index in [4.69, 9.17) is 5.73 Å². The largest absolute Gasteiger partial charge is 0.466 e. The molecule has 0 saturated heterocycles. The molecule has 1 heterocycles. The molecule has 94 valence electrons. The number of pyridine rings is 1. The number of ether oxygens (including phenoxy) is 1. The molecule has 0 unspecified atom stereocenters. The summed E-state index contributed by atoms with van der Waals surface area (Å²) in [5.41, 5.74) is 4.04. The van der Waals surface area contributed by atoms with Crippen LogP contribution >= 0.6 is 0 Å². The van der Waals surface area contributed by atoms with Gasteiger partial charge in [-0.25, -0.2) is 13.8 Å². The van der Waals surface area contributed by atoms with Crippen molar-refractivity contribution in [2.45, 2.75) is 19.8 Å². The second-order valence-electron chi connectivity index (χ2n) is 3.19. The zero-order chi connectivity index (χ0) is 13.0. The maximum absolute atomic E-state index is 13.3. The molecule has 0 aliphatic heterocycles. The summed E-state index contributed by atoms with van der Waals surface area (Å²) >= 11 is 0. The van der Waals surface area contributed by atoms with Crippen LogP contribution in [-0.4, -0.2) is 17.6 Å². The number of carbonyl (C=O) groups is 1. The third-order valence-electron chi connectivity index (χ3n) is 1.99. The molecule has 4 nitrogen and oxygen atoms in total. The van der Waals surface area contributed by atoms with Crippen LogP contribution in [0, 0.1) is 5.95 Å². The molecule has 0 aromatic carbocycles. The first kappa shape index (κ1) is 13.3. The van der Waals surface area contributed by atoms with Crippen molar-refractivity contribution in [1.29, 1.82) is 0 Å². The monoisotopic (exact) mass is 248 g/mol. The first-order valence-corrected chi connectivity index (χ1v) is 4.84. The van der Waals surface area contributed by atoms with Crippen LogP contribution in [0.5, 0.6) is 0 Å². The fourth-order valence-electron chi connectivity index (χ4n) is 1.30. The number of alkyl halides is 2. The molecule has 0 aliphatic carbocycles. The van der Waals surface area contributed by atoms with Crippen molar-refractivity contribution < 1.29 is 22.7 Å². The highest BCUT2D eigenvalue weighted by molar-refractivity contribution is 5.73. The summed E-state index contributed by atoms with van der Waals surface area (Å²) in [6.07, 6.45) is -3.52. The normalized spacial score (nSPS) is 10.6. The first-order valence-electron chi connectivity index (χ1n) is 4.84. The van der Waals surface area contributed by atoms with E-state index in [-0.39, 0.29) is 12.4 Å². The highest BCUT2D eigenvalue weighted by atomic mass is 19.3. The Labute approximate surface area is 95.6 Å². The van der Waals surface area contributed by atoms with Crippen molar-refractivity contribution in [3.8, 4) is 0 Å². The number of nitrogen functional groups attached to an aromatic ring is 1. The second-order valence-corrected chi connectivity index (χ2v) is 3.19. The Kier molecular flexibility index (Phi) is 4.30. The molecule has 17 heavy (non-hydrogen) atoms. The highest BCUT2D eigenvalue weighted by Gasteiger charge is 2.21. The van der Waals surface area contributed by atoms with Gasteiger partial charge in [0.1, 0.15) is 5.82 Å². The minimum absolute atomic E-state index is 0.0901. The van der Waals surface area contributed by atoms with Crippen molar-refractivity contribution in [2.75, 3.05) is 12.3 Å². The Hall–Kier alpha value is -1.79. The molecule has 0 aliphatic rings. The van der Waals surface area contributed by atoms with Crippen LogP contribution < -0.4 is 5.73 Å². The quantitative estimate of drug-likeness (QED) is 0.652. The maximum Gasteiger partial charge on any atom is 0.310 e. The van der Waals surface area contributed by atoms with Gasteiger partial charge >= 0.3 is 5.97 Å². The Morgan fingerprint density at radius 1 is 1.59 bits per heavy atom. The standard InChI is InChI=1S/C10H11F3N2O2/c1-2-17-8(16)4-6-5(9(11)12)3-7(14)15-10(6)13/h3,9H,2,4H2,1H3,(H2,14,15). The van der Waals surface area contributed by atoms with Crippen molar-refractivity contribution in [1.82, 2.24) is 4.98 Å².